The minimum atomic E-state index is -5.72. The Bertz CT molecular complexity index is 414. The maximum Gasteiger partial charge on any atom is 0.527 e. The molecule has 1 heterocycles. The standard InChI is InChI=1S/C9H11F5N2O4/c1-3-19-6(17)16-7(18,4-5(2)15-16)8(10,11)20-9(12,13)14/h15,18H,2-4H2,1H3/t7-/m1/s1. The third kappa shape index (κ3) is 3.10. The van der Waals surface area contributed by atoms with Gasteiger partial charge in [-0.25, -0.2) is 9.53 Å². The topological polar surface area (TPSA) is 71.0 Å². The van der Waals surface area contributed by atoms with Crippen LogP contribution in [0.15, 0.2) is 12.3 Å². The minimum absolute atomic E-state index is 0.190. The fourth-order valence-corrected chi connectivity index (χ4v) is 1.51. The number of carbonyl (C=O) groups excluding carboxylic acids is 1. The van der Waals surface area contributed by atoms with Crippen molar-refractivity contribution in [2.75, 3.05) is 6.61 Å². The fourth-order valence-electron chi connectivity index (χ4n) is 1.51. The average molecular weight is 306 g/mol. The van der Waals surface area contributed by atoms with Gasteiger partial charge in [0.2, 0.25) is 0 Å². The molecule has 11 heteroatoms. The maximum absolute atomic E-state index is 13.5. The van der Waals surface area contributed by atoms with E-state index in [-0.39, 0.29) is 17.3 Å². The first-order chi connectivity index (χ1) is 8.93. The molecule has 0 aromatic carbocycles. The number of alkyl halides is 5. The Balaban J connectivity index is 3.08. The smallest absolute Gasteiger partial charge is 0.448 e. The molecule has 0 unspecified atom stereocenters. The van der Waals surface area contributed by atoms with E-state index < -0.39 is 30.7 Å². The molecule has 1 rings (SSSR count). The number of carbonyl (C=O) groups is 1. The summed E-state index contributed by atoms with van der Waals surface area (Å²) in [5, 5.41) is 9.55. The molecule has 0 aromatic rings. The lowest BCUT2D eigenvalue weighted by molar-refractivity contribution is -0.469. The van der Waals surface area contributed by atoms with Crippen LogP contribution in [0.4, 0.5) is 26.7 Å². The molecule has 0 radical (unpaired) electrons. The molecular formula is C9H11F5N2O4. The summed E-state index contributed by atoms with van der Waals surface area (Å²) in [7, 11) is 0. The van der Waals surface area contributed by atoms with Crippen molar-refractivity contribution in [1.29, 1.82) is 0 Å². The lowest BCUT2D eigenvalue weighted by Gasteiger charge is -2.36. The van der Waals surface area contributed by atoms with Crippen LogP contribution in [0.3, 0.4) is 0 Å². The quantitative estimate of drug-likeness (QED) is 0.776. The number of nitrogens with zero attached hydrogens (tertiary/aromatic N) is 1. The van der Waals surface area contributed by atoms with Crippen LogP contribution >= 0.6 is 0 Å². The van der Waals surface area contributed by atoms with Crippen LogP contribution in [0.1, 0.15) is 13.3 Å². The second kappa shape index (κ2) is 5.05. The molecule has 1 aliphatic rings. The summed E-state index contributed by atoms with van der Waals surface area (Å²) in [6, 6.07) is 0. The zero-order chi connectivity index (χ0) is 15.8. The number of ether oxygens (including phenoxy) is 2. The average Bonchev–Trinajstić information content (AvgIpc) is 2.52. The number of hydrazine groups is 1. The van der Waals surface area contributed by atoms with Crippen molar-refractivity contribution in [3.63, 3.8) is 0 Å². The van der Waals surface area contributed by atoms with E-state index in [1.165, 1.54) is 6.92 Å². The van der Waals surface area contributed by atoms with Crippen molar-refractivity contribution in [3.05, 3.63) is 12.3 Å². The van der Waals surface area contributed by atoms with Gasteiger partial charge in [-0.15, -0.1) is 13.2 Å². The van der Waals surface area contributed by atoms with Gasteiger partial charge in [-0.3, -0.25) is 5.43 Å². The first-order valence-electron chi connectivity index (χ1n) is 5.21. The highest BCUT2D eigenvalue weighted by Crippen LogP contribution is 2.43. The SMILES string of the molecule is C=C1C[C@@](O)(C(F)(F)OC(F)(F)F)N(C(=O)OCC)N1. The third-order valence-corrected chi connectivity index (χ3v) is 2.26. The Morgan fingerprint density at radius 3 is 2.50 bits per heavy atom. The molecule has 1 atom stereocenters. The van der Waals surface area contributed by atoms with Crippen LogP contribution in [0, 0.1) is 0 Å². The first kappa shape index (κ1) is 16.4. The molecule has 0 spiro atoms. The molecule has 0 saturated carbocycles. The Morgan fingerprint density at radius 1 is 1.50 bits per heavy atom. The van der Waals surface area contributed by atoms with Crippen molar-refractivity contribution < 1.29 is 41.3 Å². The van der Waals surface area contributed by atoms with Gasteiger partial charge in [0.1, 0.15) is 0 Å². The van der Waals surface area contributed by atoms with Gasteiger partial charge in [-0.2, -0.15) is 13.8 Å². The predicted octanol–water partition coefficient (Wildman–Crippen LogP) is 1.68. The number of rotatable bonds is 3. The van der Waals surface area contributed by atoms with Crippen molar-refractivity contribution in [2.45, 2.75) is 31.5 Å². The lowest BCUT2D eigenvalue weighted by Crippen LogP contribution is -2.63. The summed E-state index contributed by atoms with van der Waals surface area (Å²) in [4.78, 5) is 11.4. The first-order valence-corrected chi connectivity index (χ1v) is 5.21. The molecule has 6 nitrogen and oxygen atoms in total. The highest BCUT2D eigenvalue weighted by atomic mass is 19.4. The van der Waals surface area contributed by atoms with Crippen LogP contribution in [-0.4, -0.2) is 41.0 Å². The van der Waals surface area contributed by atoms with Crippen LogP contribution < -0.4 is 5.43 Å². The van der Waals surface area contributed by atoms with Gasteiger partial charge in [0.15, 0.2) is 0 Å². The molecule has 0 aliphatic carbocycles. The van der Waals surface area contributed by atoms with Gasteiger partial charge in [0, 0.05) is 12.1 Å². The highest BCUT2D eigenvalue weighted by Gasteiger charge is 2.67. The van der Waals surface area contributed by atoms with Crippen LogP contribution in [-0.2, 0) is 9.47 Å². The number of hydrogen-bond donors (Lipinski definition) is 2. The minimum Gasteiger partial charge on any atom is -0.448 e. The molecular weight excluding hydrogens is 295 g/mol. The molecule has 116 valence electrons. The number of nitrogens with one attached hydrogen (secondary N) is 1. The summed E-state index contributed by atoms with van der Waals surface area (Å²) < 4.78 is 69.8. The zero-order valence-electron chi connectivity index (χ0n) is 10.1. The normalized spacial score (nSPS) is 23.8. The molecule has 1 saturated heterocycles. The molecule has 0 bridgehead atoms. The van der Waals surface area contributed by atoms with E-state index in [9.17, 15) is 31.9 Å². The van der Waals surface area contributed by atoms with E-state index in [0.29, 0.717) is 0 Å². The van der Waals surface area contributed by atoms with Crippen molar-refractivity contribution in [2.24, 2.45) is 0 Å². The van der Waals surface area contributed by atoms with Gasteiger partial charge in [-0.1, -0.05) is 6.58 Å². The van der Waals surface area contributed by atoms with E-state index in [2.05, 4.69) is 16.1 Å². The Morgan fingerprint density at radius 2 is 2.05 bits per heavy atom. The Labute approximate surface area is 109 Å². The monoisotopic (exact) mass is 306 g/mol. The summed E-state index contributed by atoms with van der Waals surface area (Å²) in [5.74, 6) is 0. The highest BCUT2D eigenvalue weighted by molar-refractivity contribution is 5.69. The largest absolute Gasteiger partial charge is 0.527 e. The zero-order valence-corrected chi connectivity index (χ0v) is 10.1. The van der Waals surface area contributed by atoms with Gasteiger partial charge in [0.25, 0.3) is 5.72 Å². The van der Waals surface area contributed by atoms with E-state index in [1.54, 1.807) is 0 Å². The molecule has 1 amide bonds. The molecule has 1 aliphatic heterocycles. The summed E-state index contributed by atoms with van der Waals surface area (Å²) in [6.45, 7) is 4.26. The van der Waals surface area contributed by atoms with Gasteiger partial charge in [0.05, 0.1) is 6.61 Å². The van der Waals surface area contributed by atoms with Crippen LogP contribution in [0.5, 0.6) is 0 Å². The molecule has 1 fully saturated rings. The summed E-state index contributed by atoms with van der Waals surface area (Å²) in [6.07, 6.45) is -13.4. The van der Waals surface area contributed by atoms with Crippen LogP contribution in [0.2, 0.25) is 0 Å². The van der Waals surface area contributed by atoms with E-state index >= 15 is 0 Å². The Kier molecular flexibility index (Phi) is 4.15. The fraction of sp³-hybridized carbons (Fsp3) is 0.667. The van der Waals surface area contributed by atoms with E-state index in [4.69, 9.17) is 0 Å². The van der Waals surface area contributed by atoms with E-state index in [1.807, 2.05) is 5.43 Å². The summed E-state index contributed by atoms with van der Waals surface area (Å²) >= 11 is 0. The predicted molar refractivity (Wildman–Crippen MR) is 52.8 cm³/mol. The number of halogens is 5. The Hall–Kier alpha value is -1.62. The number of aliphatic hydroxyl groups is 1. The van der Waals surface area contributed by atoms with Crippen LogP contribution in [0.25, 0.3) is 0 Å². The van der Waals surface area contributed by atoms with Crippen molar-refractivity contribution in [1.82, 2.24) is 10.4 Å². The van der Waals surface area contributed by atoms with Crippen molar-refractivity contribution >= 4 is 6.09 Å². The maximum atomic E-state index is 13.5. The number of amides is 1. The molecule has 2 N–H and O–H groups in total. The van der Waals surface area contributed by atoms with Crippen molar-refractivity contribution in [3.8, 4) is 0 Å². The second-order valence-electron chi connectivity index (χ2n) is 3.81. The summed E-state index contributed by atoms with van der Waals surface area (Å²) in [5.41, 5.74) is -2.03. The lowest BCUT2D eigenvalue weighted by atomic mass is 10.1. The van der Waals surface area contributed by atoms with E-state index in [0.717, 1.165) is 0 Å². The number of hydrogen-bond acceptors (Lipinski definition) is 5. The van der Waals surface area contributed by atoms with Gasteiger partial charge < -0.3 is 9.84 Å². The molecule has 20 heavy (non-hydrogen) atoms. The molecule has 0 aromatic heterocycles. The van der Waals surface area contributed by atoms with Gasteiger partial charge in [-0.05, 0) is 6.92 Å². The van der Waals surface area contributed by atoms with Gasteiger partial charge >= 0.3 is 18.6 Å². The second-order valence-corrected chi connectivity index (χ2v) is 3.81. The third-order valence-electron chi connectivity index (χ3n) is 2.26.